The third kappa shape index (κ3) is 18.8. The highest BCUT2D eigenvalue weighted by molar-refractivity contribution is 7.13. The van der Waals surface area contributed by atoms with Gasteiger partial charge < -0.3 is 46.4 Å². The van der Waals surface area contributed by atoms with Crippen molar-refractivity contribution in [1.82, 2.24) is 41.0 Å². The predicted molar refractivity (Wildman–Crippen MR) is 331 cm³/mol. The van der Waals surface area contributed by atoms with Crippen LogP contribution in [0.5, 0.6) is 0 Å². The van der Waals surface area contributed by atoms with Gasteiger partial charge in [-0.25, -0.2) is 4.98 Å². The summed E-state index contributed by atoms with van der Waals surface area (Å²) in [5.41, 5.74) is 16.6. The number of nitrogens with zero attached hydrogens (tertiary/aromatic N) is 5. The Morgan fingerprint density at radius 2 is 1.60 bits per heavy atom. The minimum absolute atomic E-state index is 0.0234. The first-order valence-corrected chi connectivity index (χ1v) is 30.3. The lowest BCUT2D eigenvalue weighted by atomic mass is 9.85. The molecule has 1 unspecified atom stereocenters. The Balaban J connectivity index is 0.895. The van der Waals surface area contributed by atoms with Crippen molar-refractivity contribution in [3.05, 3.63) is 124 Å². The van der Waals surface area contributed by atoms with Crippen LogP contribution in [-0.2, 0) is 30.5 Å². The van der Waals surface area contributed by atoms with E-state index in [4.69, 9.17) is 10.5 Å². The highest BCUT2D eigenvalue weighted by atomic mass is 32.1. The van der Waals surface area contributed by atoms with Crippen molar-refractivity contribution in [2.24, 2.45) is 11.1 Å². The minimum Gasteiger partial charge on any atom is -0.391 e. The smallest absolute Gasteiger partial charge is 0.246 e. The normalized spacial score (nSPS) is 18.6. The zero-order valence-electron chi connectivity index (χ0n) is 50.2. The molecule has 3 aromatic rings. The molecule has 4 atom stereocenters. The second kappa shape index (κ2) is 31.7. The van der Waals surface area contributed by atoms with Crippen LogP contribution in [0.4, 0.5) is 5.69 Å². The Morgan fingerprint density at radius 3 is 2.22 bits per heavy atom. The van der Waals surface area contributed by atoms with Gasteiger partial charge in [0.1, 0.15) is 12.3 Å². The van der Waals surface area contributed by atoms with E-state index in [1.807, 2.05) is 109 Å². The zero-order valence-corrected chi connectivity index (χ0v) is 51.0. The number of carbonyl (C=O) groups excluding carboxylic acids is 4. The zero-order chi connectivity index (χ0) is 59.5. The number of ether oxygens (including phenoxy) is 1. The van der Waals surface area contributed by atoms with Gasteiger partial charge in [0.25, 0.3) is 0 Å². The minimum atomic E-state index is -1.07. The lowest BCUT2D eigenvalue weighted by Gasteiger charge is -2.37. The summed E-state index contributed by atoms with van der Waals surface area (Å²) in [5, 5.41) is 35.1. The quantitative estimate of drug-likeness (QED) is 0.0160. The van der Waals surface area contributed by atoms with E-state index >= 15 is 0 Å². The highest BCUT2D eigenvalue weighted by Gasteiger charge is 2.44. The van der Waals surface area contributed by atoms with Crippen LogP contribution < -0.4 is 31.9 Å². The Bertz CT molecular complexity index is 2730. The second-order valence-corrected chi connectivity index (χ2v) is 24.2. The number of aromatic nitrogens is 1. The number of allylic oxidation sites excluding steroid dienone is 5. The van der Waals surface area contributed by atoms with Gasteiger partial charge in [0.15, 0.2) is 0 Å². The van der Waals surface area contributed by atoms with Crippen LogP contribution in [0.2, 0.25) is 0 Å². The number of hydrogen-bond acceptors (Lipinski definition) is 14. The summed E-state index contributed by atoms with van der Waals surface area (Å²) in [7, 11) is 0. The summed E-state index contributed by atoms with van der Waals surface area (Å²) >= 11 is 1.60. The maximum atomic E-state index is 14.1. The average molecular weight is 1150 g/mol. The monoisotopic (exact) mass is 1150 g/mol. The predicted octanol–water partition coefficient (Wildman–Crippen LogP) is 7.09. The number of aliphatic hydroxyl groups excluding tert-OH is 2. The number of primary amides is 1. The SMILES string of the molecule is C=C(/C=C\C(=C)c1cc(C(O)NC/C(C(N)=O)=C(C)/C=C/C)c(C)c(N(CC)C2CCOCC2)c1)CN1CCN(CC(=O)NCCCCCCN[C@H](C(=O)N2C[C@H](O)C[C@H]2C(=O)NCc2ccc(-c3scnc3C)cc2)C(C)(C)C)CC1. The van der Waals surface area contributed by atoms with Crippen LogP contribution in [0.15, 0.2) is 96.1 Å². The van der Waals surface area contributed by atoms with Gasteiger partial charge in [0.05, 0.1) is 34.8 Å². The number of hydrogen-bond donors (Lipinski definition) is 7. The van der Waals surface area contributed by atoms with Crippen LogP contribution in [-0.4, -0.2) is 163 Å². The summed E-state index contributed by atoms with van der Waals surface area (Å²) in [6.07, 6.45) is 11.4. The van der Waals surface area contributed by atoms with Crippen LogP contribution in [0.3, 0.4) is 0 Å². The number of amides is 4. The van der Waals surface area contributed by atoms with E-state index in [-0.39, 0.29) is 37.2 Å². The number of unbranched alkanes of at least 4 members (excludes halogenated alkanes) is 3. The second-order valence-electron chi connectivity index (χ2n) is 23.3. The fourth-order valence-corrected chi connectivity index (χ4v) is 12.0. The molecule has 17 nitrogen and oxygen atoms in total. The molecule has 0 aliphatic carbocycles. The van der Waals surface area contributed by atoms with E-state index in [2.05, 4.69) is 67.1 Å². The van der Waals surface area contributed by atoms with Gasteiger partial charge in [0.2, 0.25) is 23.6 Å². The first kappa shape index (κ1) is 65.3. The number of rotatable bonds is 29. The lowest BCUT2D eigenvalue weighted by molar-refractivity contribution is -0.142. The van der Waals surface area contributed by atoms with E-state index in [0.29, 0.717) is 63.1 Å². The molecule has 3 aliphatic rings. The molecule has 448 valence electrons. The highest BCUT2D eigenvalue weighted by Crippen LogP contribution is 2.35. The van der Waals surface area contributed by atoms with Crippen molar-refractivity contribution in [2.75, 3.05) is 90.1 Å². The molecule has 82 heavy (non-hydrogen) atoms. The molecule has 0 spiro atoms. The van der Waals surface area contributed by atoms with Crippen LogP contribution in [0.1, 0.15) is 121 Å². The van der Waals surface area contributed by atoms with Crippen molar-refractivity contribution in [2.45, 2.75) is 137 Å². The number of benzene rings is 2. The molecule has 1 aromatic heterocycles. The fraction of sp³-hybridized carbons (Fsp3) is 0.547. The van der Waals surface area contributed by atoms with Crippen LogP contribution >= 0.6 is 11.3 Å². The summed E-state index contributed by atoms with van der Waals surface area (Å²) in [4.78, 5) is 66.9. The molecule has 4 amide bonds. The summed E-state index contributed by atoms with van der Waals surface area (Å²) in [5.74, 6) is -0.962. The summed E-state index contributed by atoms with van der Waals surface area (Å²) in [6.45, 7) is 32.9. The maximum Gasteiger partial charge on any atom is 0.246 e. The molecule has 0 radical (unpaired) electrons. The molecule has 0 bridgehead atoms. The first-order chi connectivity index (χ1) is 39.2. The van der Waals surface area contributed by atoms with Gasteiger partial charge in [-0.15, -0.1) is 11.3 Å². The number of piperazine rings is 1. The summed E-state index contributed by atoms with van der Waals surface area (Å²) < 4.78 is 5.70. The van der Waals surface area contributed by atoms with Gasteiger partial charge in [-0.3, -0.25) is 34.3 Å². The molecule has 3 fully saturated rings. The molecule has 18 heteroatoms. The Kier molecular flexibility index (Phi) is 25.3. The number of aliphatic hydroxyl groups is 2. The molecule has 3 saturated heterocycles. The van der Waals surface area contributed by atoms with Gasteiger partial charge in [-0.05, 0) is 123 Å². The third-order valence-electron chi connectivity index (χ3n) is 16.0. The standard InChI is InChI=1S/C64H94N10O7S/c1-11-17-45(5)54(60(65)77)38-69-61(78)53-34-50(35-55(46(53)6)73(12-2)51-24-32-81-33-25-51)44(4)19-18-43(3)39-71-28-30-72(31-29-71)41-57(76)66-26-15-13-14-16-27-67-59(64(8,9)10)63(80)74-40-52(75)36-56(74)62(79)68-37-48-20-22-49(23-21-48)58-47(7)70-42-82-58/h11,17-23,34-35,42,51-52,56,59,61,67,69,75,78H,3-4,12-16,24-33,36-41H2,1-2,5-10H3,(H2,65,77)(H,66,76)(H,68,79)/b17-11+,19-18-,54-45-/t52-,56+,59-,61?/m1/s1. The van der Waals surface area contributed by atoms with E-state index in [9.17, 15) is 29.4 Å². The number of aryl methyl sites for hydroxylation is 1. The van der Waals surface area contributed by atoms with Crippen LogP contribution in [0.25, 0.3) is 16.0 Å². The number of likely N-dealkylation sites (tertiary alicyclic amines) is 1. The number of nitrogens with one attached hydrogen (secondary N) is 4. The van der Waals surface area contributed by atoms with Gasteiger partial charge in [-0.1, -0.05) is 95.3 Å². The molecule has 6 rings (SSSR count). The fourth-order valence-electron chi connectivity index (χ4n) is 11.2. The third-order valence-corrected chi connectivity index (χ3v) is 17.0. The number of carbonyl (C=O) groups is 4. The van der Waals surface area contributed by atoms with Crippen molar-refractivity contribution >= 4 is 46.2 Å². The van der Waals surface area contributed by atoms with Crippen molar-refractivity contribution in [1.29, 1.82) is 0 Å². The molecular weight excluding hydrogens is 1050 g/mol. The topological polar surface area (TPSA) is 218 Å². The Morgan fingerprint density at radius 1 is 0.927 bits per heavy atom. The number of β-amino-alcohol motifs (C(OH)–C–C–N with tert-alkyl or cyclic N) is 1. The van der Waals surface area contributed by atoms with Crippen molar-refractivity contribution < 1.29 is 34.1 Å². The average Bonchev–Trinajstić information content (AvgIpc) is 4.11. The first-order valence-electron chi connectivity index (χ1n) is 29.5. The number of anilines is 1. The molecule has 0 saturated carbocycles. The molecule has 8 N–H and O–H groups in total. The van der Waals surface area contributed by atoms with Gasteiger partial charge >= 0.3 is 0 Å². The van der Waals surface area contributed by atoms with E-state index < -0.39 is 35.7 Å². The number of nitrogens with two attached hydrogens (primary N) is 1. The van der Waals surface area contributed by atoms with E-state index in [0.717, 1.165) is 126 Å². The summed E-state index contributed by atoms with van der Waals surface area (Å²) in [6, 6.07) is 11.2. The molecule has 4 heterocycles. The van der Waals surface area contributed by atoms with Crippen molar-refractivity contribution in [3.8, 4) is 10.4 Å². The van der Waals surface area contributed by atoms with Crippen molar-refractivity contribution in [3.63, 3.8) is 0 Å². The van der Waals surface area contributed by atoms with Gasteiger partial charge in [0, 0.05) is 108 Å². The van der Waals surface area contributed by atoms with E-state index in [1.165, 1.54) is 0 Å². The molecular formula is C64H94N10O7S. The van der Waals surface area contributed by atoms with Crippen LogP contribution in [0, 0.1) is 19.3 Å². The number of thiazole rings is 1. The molecule has 2 aromatic carbocycles. The molecule has 3 aliphatic heterocycles. The lowest BCUT2D eigenvalue weighted by Crippen LogP contribution is -2.56. The maximum absolute atomic E-state index is 14.1. The Labute approximate surface area is 492 Å². The van der Waals surface area contributed by atoms with Gasteiger partial charge in [-0.2, -0.15) is 0 Å². The largest absolute Gasteiger partial charge is 0.391 e. The van der Waals surface area contributed by atoms with E-state index in [1.54, 1.807) is 16.2 Å². The Hall–Kier alpha value is -5.83.